The topological polar surface area (TPSA) is 49.4 Å². The van der Waals surface area contributed by atoms with E-state index in [0.717, 1.165) is 25.8 Å². The minimum atomic E-state index is -3.07. The van der Waals surface area contributed by atoms with Crippen LogP contribution in [-0.4, -0.2) is 43.6 Å². The average molecular weight is 260 g/mol. The Hall–Kier alpha value is -0.130. The Morgan fingerprint density at radius 1 is 1.29 bits per heavy atom. The van der Waals surface area contributed by atoms with Gasteiger partial charge in [0.1, 0.15) is 0 Å². The highest BCUT2D eigenvalue weighted by Gasteiger charge is 2.36. The van der Waals surface area contributed by atoms with Crippen molar-refractivity contribution in [3.63, 3.8) is 0 Å². The number of hydrogen-bond acceptors (Lipinski definition) is 3. The smallest absolute Gasteiger partial charge is 0.215 e. The first kappa shape index (κ1) is 13.3. The van der Waals surface area contributed by atoms with Crippen LogP contribution < -0.4 is 5.32 Å². The molecule has 0 aromatic carbocycles. The molecule has 4 nitrogen and oxygen atoms in total. The molecule has 3 unspecified atom stereocenters. The van der Waals surface area contributed by atoms with E-state index in [1.165, 1.54) is 6.42 Å². The van der Waals surface area contributed by atoms with Crippen LogP contribution in [0.5, 0.6) is 0 Å². The zero-order valence-corrected chi connectivity index (χ0v) is 11.7. The van der Waals surface area contributed by atoms with E-state index in [9.17, 15) is 8.42 Å². The number of hydrogen-bond donors (Lipinski definition) is 1. The molecule has 17 heavy (non-hydrogen) atoms. The van der Waals surface area contributed by atoms with Gasteiger partial charge in [-0.05, 0) is 38.6 Å². The van der Waals surface area contributed by atoms with Crippen LogP contribution in [0.15, 0.2) is 0 Å². The fourth-order valence-electron chi connectivity index (χ4n) is 3.07. The van der Waals surface area contributed by atoms with E-state index >= 15 is 0 Å². The Morgan fingerprint density at radius 3 is 2.59 bits per heavy atom. The number of nitrogens with one attached hydrogen (secondary N) is 1. The van der Waals surface area contributed by atoms with E-state index in [2.05, 4.69) is 12.2 Å². The van der Waals surface area contributed by atoms with E-state index in [-0.39, 0.29) is 17.8 Å². The Kier molecular flexibility index (Phi) is 4.10. The molecule has 2 saturated heterocycles. The molecular weight excluding hydrogens is 236 g/mol. The lowest BCUT2D eigenvalue weighted by atomic mass is 10.1. The van der Waals surface area contributed by atoms with Crippen molar-refractivity contribution in [3.8, 4) is 0 Å². The van der Waals surface area contributed by atoms with Crippen molar-refractivity contribution in [2.75, 3.05) is 18.8 Å². The maximum Gasteiger partial charge on any atom is 0.215 e. The summed E-state index contributed by atoms with van der Waals surface area (Å²) in [6.07, 6.45) is 4.32. The van der Waals surface area contributed by atoms with Crippen molar-refractivity contribution < 1.29 is 8.42 Å². The molecule has 2 aliphatic rings. The largest absolute Gasteiger partial charge is 0.313 e. The van der Waals surface area contributed by atoms with Crippen LogP contribution in [-0.2, 0) is 10.0 Å². The van der Waals surface area contributed by atoms with Crippen molar-refractivity contribution in [1.29, 1.82) is 0 Å². The van der Waals surface area contributed by atoms with Gasteiger partial charge in [-0.15, -0.1) is 0 Å². The Morgan fingerprint density at radius 2 is 2.06 bits per heavy atom. The first-order valence-corrected chi connectivity index (χ1v) is 8.33. The summed E-state index contributed by atoms with van der Waals surface area (Å²) in [5, 5.41) is 3.32. The van der Waals surface area contributed by atoms with E-state index in [1.807, 2.05) is 6.92 Å². The van der Waals surface area contributed by atoms with E-state index < -0.39 is 10.0 Å². The highest BCUT2D eigenvalue weighted by atomic mass is 32.2. The summed E-state index contributed by atoms with van der Waals surface area (Å²) in [5.41, 5.74) is 0. The van der Waals surface area contributed by atoms with Gasteiger partial charge in [-0.2, -0.15) is 4.31 Å². The van der Waals surface area contributed by atoms with Gasteiger partial charge in [0.05, 0.1) is 5.75 Å². The molecule has 5 heteroatoms. The zero-order valence-electron chi connectivity index (χ0n) is 10.9. The lowest BCUT2D eigenvalue weighted by Gasteiger charge is -2.27. The standard InChI is InChI=1S/C12H24N2O2S/c1-10-7-11(2)14(8-10)17(15,16)9-12-5-3-4-6-13-12/h10-13H,3-9H2,1-2H3. The van der Waals surface area contributed by atoms with Crippen LogP contribution in [0.2, 0.25) is 0 Å². The van der Waals surface area contributed by atoms with Crippen LogP contribution in [0.3, 0.4) is 0 Å². The molecule has 2 rings (SSSR count). The first-order valence-electron chi connectivity index (χ1n) is 6.72. The molecule has 0 aromatic rings. The maximum absolute atomic E-state index is 12.3. The van der Waals surface area contributed by atoms with Crippen LogP contribution in [0.1, 0.15) is 39.5 Å². The van der Waals surface area contributed by atoms with Gasteiger partial charge in [-0.25, -0.2) is 8.42 Å². The molecule has 2 aliphatic heterocycles. The molecule has 2 fully saturated rings. The summed E-state index contributed by atoms with van der Waals surface area (Å²) >= 11 is 0. The third-order valence-corrected chi connectivity index (χ3v) is 5.96. The van der Waals surface area contributed by atoms with Gasteiger partial charge in [-0.3, -0.25) is 0 Å². The normalized spacial score (nSPS) is 36.2. The van der Waals surface area contributed by atoms with E-state index in [0.29, 0.717) is 12.5 Å². The lowest BCUT2D eigenvalue weighted by molar-refractivity contribution is 0.384. The summed E-state index contributed by atoms with van der Waals surface area (Å²) < 4.78 is 26.4. The minimum absolute atomic E-state index is 0.164. The number of nitrogens with zero attached hydrogens (tertiary/aromatic N) is 1. The molecule has 0 saturated carbocycles. The predicted molar refractivity (Wildman–Crippen MR) is 69.4 cm³/mol. The quantitative estimate of drug-likeness (QED) is 0.829. The van der Waals surface area contributed by atoms with Gasteiger partial charge in [0.25, 0.3) is 0 Å². The van der Waals surface area contributed by atoms with Gasteiger partial charge in [0.2, 0.25) is 10.0 Å². The fraction of sp³-hybridized carbons (Fsp3) is 1.00. The van der Waals surface area contributed by atoms with Crippen LogP contribution in [0.25, 0.3) is 0 Å². The van der Waals surface area contributed by atoms with Crippen molar-refractivity contribution in [2.24, 2.45) is 5.92 Å². The maximum atomic E-state index is 12.3. The van der Waals surface area contributed by atoms with Gasteiger partial charge >= 0.3 is 0 Å². The number of piperidine rings is 1. The highest BCUT2D eigenvalue weighted by molar-refractivity contribution is 7.89. The van der Waals surface area contributed by atoms with Gasteiger partial charge in [-0.1, -0.05) is 13.3 Å². The summed E-state index contributed by atoms with van der Waals surface area (Å²) in [5.74, 6) is 0.781. The van der Waals surface area contributed by atoms with Crippen molar-refractivity contribution in [1.82, 2.24) is 9.62 Å². The van der Waals surface area contributed by atoms with Crippen molar-refractivity contribution in [3.05, 3.63) is 0 Å². The SMILES string of the molecule is CC1CC(C)N(S(=O)(=O)CC2CCCCN2)C1. The minimum Gasteiger partial charge on any atom is -0.313 e. The Bertz CT molecular complexity index is 350. The predicted octanol–water partition coefficient (Wildman–Crippen LogP) is 1.19. The summed E-state index contributed by atoms with van der Waals surface area (Å²) in [4.78, 5) is 0. The molecular formula is C12H24N2O2S. The fourth-order valence-corrected chi connectivity index (χ4v) is 5.17. The van der Waals surface area contributed by atoms with Gasteiger partial charge in [0, 0.05) is 18.6 Å². The Balaban J connectivity index is 1.98. The number of rotatable bonds is 3. The highest BCUT2D eigenvalue weighted by Crippen LogP contribution is 2.26. The van der Waals surface area contributed by atoms with Crippen LogP contribution in [0.4, 0.5) is 0 Å². The molecule has 0 aromatic heterocycles. The van der Waals surface area contributed by atoms with Gasteiger partial charge in [0.15, 0.2) is 0 Å². The monoisotopic (exact) mass is 260 g/mol. The van der Waals surface area contributed by atoms with E-state index in [4.69, 9.17) is 0 Å². The zero-order chi connectivity index (χ0) is 12.5. The lowest BCUT2D eigenvalue weighted by Crippen LogP contribution is -2.45. The molecule has 0 aliphatic carbocycles. The molecule has 100 valence electrons. The molecule has 2 heterocycles. The molecule has 3 atom stereocenters. The molecule has 0 amide bonds. The molecule has 0 bridgehead atoms. The molecule has 1 N–H and O–H groups in total. The molecule has 0 spiro atoms. The second-order valence-corrected chi connectivity index (χ2v) is 7.65. The van der Waals surface area contributed by atoms with Crippen molar-refractivity contribution in [2.45, 2.75) is 51.6 Å². The van der Waals surface area contributed by atoms with Crippen LogP contribution >= 0.6 is 0 Å². The Labute approximate surface area is 105 Å². The van der Waals surface area contributed by atoms with Crippen LogP contribution in [0, 0.1) is 5.92 Å². The average Bonchev–Trinajstić information content (AvgIpc) is 2.59. The second kappa shape index (κ2) is 5.24. The first-order chi connectivity index (χ1) is 7.99. The summed E-state index contributed by atoms with van der Waals surface area (Å²) in [6.45, 7) is 5.82. The van der Waals surface area contributed by atoms with E-state index in [1.54, 1.807) is 4.31 Å². The van der Waals surface area contributed by atoms with Gasteiger partial charge < -0.3 is 5.32 Å². The third kappa shape index (κ3) is 3.20. The second-order valence-electron chi connectivity index (χ2n) is 5.68. The van der Waals surface area contributed by atoms with Crippen molar-refractivity contribution >= 4 is 10.0 Å². The summed E-state index contributed by atoms with van der Waals surface area (Å²) in [7, 11) is -3.07. The molecule has 0 radical (unpaired) electrons. The number of sulfonamides is 1. The summed E-state index contributed by atoms with van der Waals surface area (Å²) in [6, 6.07) is 0.343. The third-order valence-electron chi connectivity index (χ3n) is 3.91.